The van der Waals surface area contributed by atoms with Crippen LogP contribution >= 0.6 is 0 Å². The Bertz CT molecular complexity index is 172. The molecule has 0 heterocycles. The standard InChI is InChI=1S/C15H27O/c1-3-12-15(4-2)13-10-8-6-5-7-9-11-14-16/h9,11,15H,3-8,10,12-13H2,1-2H3. The highest BCUT2D eigenvalue weighted by Gasteiger charge is 2.03. The third-order valence-corrected chi connectivity index (χ3v) is 3.19. The molecular weight excluding hydrogens is 196 g/mol. The summed E-state index contributed by atoms with van der Waals surface area (Å²) in [4.78, 5) is 9.90. The molecule has 16 heavy (non-hydrogen) atoms. The van der Waals surface area contributed by atoms with Gasteiger partial charge in [0.25, 0.3) is 0 Å². The van der Waals surface area contributed by atoms with Gasteiger partial charge < -0.3 is 0 Å². The molecule has 0 aliphatic heterocycles. The van der Waals surface area contributed by atoms with Crippen LogP contribution in [0.25, 0.3) is 0 Å². The summed E-state index contributed by atoms with van der Waals surface area (Å²) in [5.74, 6) is 0.953. The largest absolute Gasteiger partial charge is 0.286 e. The lowest BCUT2D eigenvalue weighted by Crippen LogP contribution is -1.97. The zero-order valence-electron chi connectivity index (χ0n) is 11.0. The van der Waals surface area contributed by atoms with Crippen LogP contribution in [0.1, 0.15) is 71.6 Å². The minimum absolute atomic E-state index is 0.953. The summed E-state index contributed by atoms with van der Waals surface area (Å²) < 4.78 is 0. The van der Waals surface area contributed by atoms with Crippen LogP contribution in [0.15, 0.2) is 12.2 Å². The molecule has 0 rings (SSSR count). The van der Waals surface area contributed by atoms with E-state index in [1.807, 2.05) is 6.08 Å². The second kappa shape index (κ2) is 12.5. The van der Waals surface area contributed by atoms with E-state index in [0.29, 0.717) is 0 Å². The summed E-state index contributed by atoms with van der Waals surface area (Å²) >= 11 is 0. The van der Waals surface area contributed by atoms with E-state index >= 15 is 0 Å². The predicted octanol–water partition coefficient (Wildman–Crippen LogP) is 4.82. The first-order chi connectivity index (χ1) is 7.85. The molecule has 0 N–H and O–H groups in total. The van der Waals surface area contributed by atoms with Crippen LogP contribution in [0.2, 0.25) is 0 Å². The summed E-state index contributed by atoms with van der Waals surface area (Å²) in [5.41, 5.74) is 0. The van der Waals surface area contributed by atoms with Gasteiger partial charge in [0, 0.05) is 0 Å². The molecule has 1 radical (unpaired) electrons. The number of hydrogen-bond donors (Lipinski definition) is 0. The van der Waals surface area contributed by atoms with Gasteiger partial charge in [0.2, 0.25) is 6.29 Å². The summed E-state index contributed by atoms with van der Waals surface area (Å²) in [7, 11) is 0. The average molecular weight is 223 g/mol. The zero-order chi connectivity index (χ0) is 12.1. The Morgan fingerprint density at radius 1 is 1.06 bits per heavy atom. The Labute approximate surface area is 101 Å². The lowest BCUT2D eigenvalue weighted by atomic mass is 9.94. The number of allylic oxidation sites excluding steroid dienone is 2. The molecule has 93 valence electrons. The van der Waals surface area contributed by atoms with Crippen LogP contribution in [0.3, 0.4) is 0 Å². The fourth-order valence-electron chi connectivity index (χ4n) is 2.14. The highest BCUT2D eigenvalue weighted by atomic mass is 16.1. The lowest BCUT2D eigenvalue weighted by Gasteiger charge is -2.12. The first-order valence-electron chi connectivity index (χ1n) is 6.87. The maximum Gasteiger partial charge on any atom is 0.225 e. The van der Waals surface area contributed by atoms with E-state index in [4.69, 9.17) is 0 Å². The van der Waals surface area contributed by atoms with Gasteiger partial charge in [-0.3, -0.25) is 4.79 Å². The molecule has 0 aromatic rings. The number of hydrogen-bond acceptors (Lipinski definition) is 1. The summed E-state index contributed by atoms with van der Waals surface area (Å²) in [6, 6.07) is 0. The van der Waals surface area contributed by atoms with Crippen molar-refractivity contribution < 1.29 is 4.79 Å². The molecule has 0 saturated heterocycles. The van der Waals surface area contributed by atoms with Crippen LogP contribution < -0.4 is 0 Å². The highest BCUT2D eigenvalue weighted by molar-refractivity contribution is 5.65. The summed E-state index contributed by atoms with van der Waals surface area (Å²) in [6.45, 7) is 4.58. The van der Waals surface area contributed by atoms with Gasteiger partial charge in [-0.15, -0.1) is 0 Å². The molecule has 0 bridgehead atoms. The average Bonchev–Trinajstić information content (AvgIpc) is 2.31. The van der Waals surface area contributed by atoms with Gasteiger partial charge in [-0.05, 0) is 24.8 Å². The monoisotopic (exact) mass is 223 g/mol. The van der Waals surface area contributed by atoms with Crippen LogP contribution in [0.5, 0.6) is 0 Å². The van der Waals surface area contributed by atoms with Gasteiger partial charge in [0.1, 0.15) is 0 Å². The van der Waals surface area contributed by atoms with Crippen LogP contribution in [-0.2, 0) is 4.79 Å². The van der Waals surface area contributed by atoms with Crippen molar-refractivity contribution in [1.29, 1.82) is 0 Å². The maximum absolute atomic E-state index is 9.90. The Morgan fingerprint density at radius 3 is 2.44 bits per heavy atom. The van der Waals surface area contributed by atoms with E-state index < -0.39 is 0 Å². The molecule has 1 nitrogen and oxygen atoms in total. The van der Waals surface area contributed by atoms with Gasteiger partial charge in [0.15, 0.2) is 0 Å². The number of rotatable bonds is 11. The minimum Gasteiger partial charge on any atom is -0.286 e. The third kappa shape index (κ3) is 9.95. The van der Waals surface area contributed by atoms with E-state index in [9.17, 15) is 4.79 Å². The van der Waals surface area contributed by atoms with Gasteiger partial charge in [-0.1, -0.05) is 64.9 Å². The van der Waals surface area contributed by atoms with E-state index in [2.05, 4.69) is 13.8 Å². The molecule has 0 aliphatic carbocycles. The quantitative estimate of drug-likeness (QED) is 0.362. The molecule has 0 amide bonds. The molecule has 0 spiro atoms. The van der Waals surface area contributed by atoms with Crippen molar-refractivity contribution in [3.63, 3.8) is 0 Å². The fraction of sp³-hybridized carbons (Fsp3) is 0.800. The van der Waals surface area contributed by atoms with E-state index in [0.717, 1.165) is 12.3 Å². The van der Waals surface area contributed by atoms with E-state index in [1.54, 1.807) is 6.29 Å². The molecule has 0 aromatic heterocycles. The molecule has 1 atom stereocenters. The SMILES string of the molecule is CCCC(CC)CCCCCCC=C[C]=O. The van der Waals surface area contributed by atoms with Crippen molar-refractivity contribution in [2.45, 2.75) is 71.6 Å². The fourth-order valence-corrected chi connectivity index (χ4v) is 2.14. The summed E-state index contributed by atoms with van der Waals surface area (Å²) in [5, 5.41) is 0. The Balaban J connectivity index is 3.24. The van der Waals surface area contributed by atoms with Crippen LogP contribution in [0.4, 0.5) is 0 Å². The van der Waals surface area contributed by atoms with Gasteiger partial charge in [0.05, 0.1) is 0 Å². The van der Waals surface area contributed by atoms with Crippen molar-refractivity contribution in [1.82, 2.24) is 0 Å². The normalized spacial score (nSPS) is 13.1. The van der Waals surface area contributed by atoms with E-state index in [1.165, 1.54) is 57.4 Å². The topological polar surface area (TPSA) is 17.1 Å². The Kier molecular flexibility index (Phi) is 12.0. The van der Waals surface area contributed by atoms with Crippen LogP contribution in [-0.4, -0.2) is 6.29 Å². The Hall–Kier alpha value is -0.590. The zero-order valence-corrected chi connectivity index (χ0v) is 11.0. The van der Waals surface area contributed by atoms with Crippen molar-refractivity contribution in [2.75, 3.05) is 0 Å². The highest BCUT2D eigenvalue weighted by Crippen LogP contribution is 2.19. The first-order valence-corrected chi connectivity index (χ1v) is 6.87. The van der Waals surface area contributed by atoms with E-state index in [-0.39, 0.29) is 0 Å². The number of unbranched alkanes of at least 4 members (excludes halogenated alkanes) is 4. The smallest absolute Gasteiger partial charge is 0.225 e. The van der Waals surface area contributed by atoms with Crippen molar-refractivity contribution in [3.8, 4) is 0 Å². The molecule has 1 unspecified atom stereocenters. The lowest BCUT2D eigenvalue weighted by molar-refractivity contribution is 0.409. The van der Waals surface area contributed by atoms with Crippen molar-refractivity contribution >= 4 is 6.29 Å². The third-order valence-electron chi connectivity index (χ3n) is 3.19. The molecule has 1 heteroatoms. The van der Waals surface area contributed by atoms with Crippen LogP contribution in [0, 0.1) is 5.92 Å². The molecule has 0 aliphatic rings. The van der Waals surface area contributed by atoms with Gasteiger partial charge >= 0.3 is 0 Å². The number of carbonyl (C=O) groups excluding carboxylic acids is 1. The maximum atomic E-state index is 9.90. The molecule has 0 aromatic carbocycles. The van der Waals surface area contributed by atoms with Crippen molar-refractivity contribution in [3.05, 3.63) is 12.2 Å². The van der Waals surface area contributed by atoms with Crippen molar-refractivity contribution in [2.24, 2.45) is 5.92 Å². The first kappa shape index (κ1) is 15.4. The second-order valence-corrected chi connectivity index (χ2v) is 4.57. The Morgan fingerprint density at radius 2 is 1.81 bits per heavy atom. The molecule has 0 saturated carbocycles. The predicted molar refractivity (Wildman–Crippen MR) is 71.2 cm³/mol. The second-order valence-electron chi connectivity index (χ2n) is 4.57. The molecular formula is C15H27O. The van der Waals surface area contributed by atoms with Gasteiger partial charge in [-0.25, -0.2) is 0 Å². The molecule has 0 fully saturated rings. The minimum atomic E-state index is 0.953. The summed E-state index contributed by atoms with van der Waals surface area (Å²) in [6.07, 6.45) is 16.9. The van der Waals surface area contributed by atoms with Gasteiger partial charge in [-0.2, -0.15) is 0 Å².